The van der Waals surface area contributed by atoms with E-state index in [9.17, 15) is 0 Å². The molecular formula is C14H18N2. The van der Waals surface area contributed by atoms with Crippen molar-refractivity contribution >= 4 is 0 Å². The molecule has 0 atom stereocenters. The number of aromatic amines is 1. The minimum Gasteiger partial charge on any atom is -0.357 e. The lowest BCUT2D eigenvalue weighted by atomic mass is 10.0. The highest BCUT2D eigenvalue weighted by Crippen LogP contribution is 2.21. The Hall–Kier alpha value is -1.54. The first-order chi connectivity index (χ1) is 7.70. The van der Waals surface area contributed by atoms with Crippen molar-refractivity contribution in [2.45, 2.75) is 26.3 Å². The molecular weight excluding hydrogens is 196 g/mol. The minimum atomic E-state index is 0.560. The Morgan fingerprint density at radius 3 is 2.25 bits per heavy atom. The number of hydrogen-bond acceptors (Lipinski definition) is 1. The monoisotopic (exact) mass is 214 g/mol. The van der Waals surface area contributed by atoms with E-state index in [1.165, 1.54) is 11.1 Å². The van der Waals surface area contributed by atoms with Crippen LogP contribution in [0.25, 0.3) is 11.3 Å². The van der Waals surface area contributed by atoms with Crippen LogP contribution in [0.3, 0.4) is 0 Å². The number of nitrogens with two attached hydrogens (primary N) is 1. The molecule has 2 nitrogen and oxygen atoms in total. The predicted octanol–water partition coefficient (Wildman–Crippen LogP) is 3.26. The molecule has 0 aliphatic carbocycles. The standard InChI is InChI=1S/C14H18N2/c1-10(2)11-3-5-12(6-4-11)14-8-7-13(9-15)16-14/h3-8,10,16H,9,15H2,1-2H3. The molecule has 1 aromatic carbocycles. The van der Waals surface area contributed by atoms with E-state index < -0.39 is 0 Å². The van der Waals surface area contributed by atoms with E-state index >= 15 is 0 Å². The zero-order chi connectivity index (χ0) is 11.5. The maximum Gasteiger partial charge on any atom is 0.0456 e. The molecule has 1 heterocycles. The van der Waals surface area contributed by atoms with Gasteiger partial charge in [-0.15, -0.1) is 0 Å². The molecule has 0 saturated carbocycles. The summed E-state index contributed by atoms with van der Waals surface area (Å²) in [7, 11) is 0. The van der Waals surface area contributed by atoms with Gasteiger partial charge in [-0.1, -0.05) is 38.1 Å². The van der Waals surface area contributed by atoms with Gasteiger partial charge in [0.05, 0.1) is 0 Å². The predicted molar refractivity (Wildman–Crippen MR) is 68.2 cm³/mol. The van der Waals surface area contributed by atoms with Crippen molar-refractivity contribution in [3.8, 4) is 11.3 Å². The molecule has 0 spiro atoms. The highest BCUT2D eigenvalue weighted by molar-refractivity contribution is 5.60. The van der Waals surface area contributed by atoms with E-state index in [0.29, 0.717) is 12.5 Å². The van der Waals surface area contributed by atoms with Crippen molar-refractivity contribution in [2.75, 3.05) is 0 Å². The second-order valence-corrected chi connectivity index (χ2v) is 4.38. The Balaban J connectivity index is 2.27. The van der Waals surface area contributed by atoms with Gasteiger partial charge in [0, 0.05) is 17.9 Å². The van der Waals surface area contributed by atoms with Crippen molar-refractivity contribution in [1.29, 1.82) is 0 Å². The molecule has 0 saturated heterocycles. The molecule has 0 radical (unpaired) electrons. The molecule has 2 aromatic rings. The quantitative estimate of drug-likeness (QED) is 0.809. The van der Waals surface area contributed by atoms with Crippen LogP contribution >= 0.6 is 0 Å². The third-order valence-electron chi connectivity index (χ3n) is 2.85. The number of aromatic nitrogens is 1. The van der Waals surface area contributed by atoms with Crippen LogP contribution in [0.4, 0.5) is 0 Å². The van der Waals surface area contributed by atoms with Crippen LogP contribution in [0.15, 0.2) is 36.4 Å². The lowest BCUT2D eigenvalue weighted by Gasteiger charge is -2.05. The lowest BCUT2D eigenvalue weighted by molar-refractivity contribution is 0.867. The van der Waals surface area contributed by atoms with Crippen LogP contribution in [0.1, 0.15) is 31.0 Å². The Kier molecular flexibility index (Phi) is 3.11. The van der Waals surface area contributed by atoms with Crippen molar-refractivity contribution < 1.29 is 0 Å². The largest absolute Gasteiger partial charge is 0.357 e. The van der Waals surface area contributed by atoms with E-state index in [0.717, 1.165) is 11.4 Å². The fourth-order valence-corrected chi connectivity index (χ4v) is 1.78. The van der Waals surface area contributed by atoms with Crippen LogP contribution in [0, 0.1) is 0 Å². The molecule has 2 heteroatoms. The van der Waals surface area contributed by atoms with Crippen LogP contribution < -0.4 is 5.73 Å². The summed E-state index contributed by atoms with van der Waals surface area (Å²) in [5.41, 5.74) is 10.4. The Labute approximate surface area is 96.5 Å². The number of nitrogens with one attached hydrogen (secondary N) is 1. The van der Waals surface area contributed by atoms with Gasteiger partial charge in [-0.25, -0.2) is 0 Å². The first kappa shape index (κ1) is 11.0. The van der Waals surface area contributed by atoms with Gasteiger partial charge in [0.2, 0.25) is 0 Å². The average Bonchev–Trinajstić information content (AvgIpc) is 2.77. The number of rotatable bonds is 3. The molecule has 0 bridgehead atoms. The topological polar surface area (TPSA) is 41.8 Å². The molecule has 0 aliphatic rings. The van der Waals surface area contributed by atoms with Crippen LogP contribution in [-0.2, 0) is 6.54 Å². The van der Waals surface area contributed by atoms with Crippen molar-refractivity contribution in [1.82, 2.24) is 4.98 Å². The molecule has 0 aliphatic heterocycles. The molecule has 0 fully saturated rings. The molecule has 16 heavy (non-hydrogen) atoms. The van der Waals surface area contributed by atoms with Gasteiger partial charge in [-0.2, -0.15) is 0 Å². The van der Waals surface area contributed by atoms with Crippen molar-refractivity contribution in [3.05, 3.63) is 47.7 Å². The Bertz CT molecular complexity index is 452. The van der Waals surface area contributed by atoms with Gasteiger partial charge in [0.1, 0.15) is 0 Å². The zero-order valence-electron chi connectivity index (χ0n) is 9.83. The first-order valence-electron chi connectivity index (χ1n) is 5.69. The summed E-state index contributed by atoms with van der Waals surface area (Å²) < 4.78 is 0. The Morgan fingerprint density at radius 2 is 1.75 bits per heavy atom. The van der Waals surface area contributed by atoms with Gasteiger partial charge in [0.15, 0.2) is 0 Å². The van der Waals surface area contributed by atoms with E-state index in [1.54, 1.807) is 0 Å². The summed E-state index contributed by atoms with van der Waals surface area (Å²) >= 11 is 0. The maximum atomic E-state index is 5.57. The van der Waals surface area contributed by atoms with Crippen LogP contribution in [-0.4, -0.2) is 4.98 Å². The molecule has 84 valence electrons. The van der Waals surface area contributed by atoms with E-state index in [4.69, 9.17) is 5.73 Å². The summed E-state index contributed by atoms with van der Waals surface area (Å²) in [6.07, 6.45) is 0. The third-order valence-corrected chi connectivity index (χ3v) is 2.85. The zero-order valence-corrected chi connectivity index (χ0v) is 9.83. The summed E-state index contributed by atoms with van der Waals surface area (Å²) in [4.78, 5) is 3.30. The van der Waals surface area contributed by atoms with Crippen LogP contribution in [0.5, 0.6) is 0 Å². The molecule has 1 aromatic heterocycles. The van der Waals surface area contributed by atoms with Gasteiger partial charge < -0.3 is 10.7 Å². The highest BCUT2D eigenvalue weighted by atomic mass is 14.8. The summed E-state index contributed by atoms with van der Waals surface area (Å²) in [6, 6.07) is 12.8. The highest BCUT2D eigenvalue weighted by Gasteiger charge is 2.02. The molecule has 0 unspecified atom stereocenters. The third kappa shape index (κ3) is 2.17. The van der Waals surface area contributed by atoms with Gasteiger partial charge in [-0.3, -0.25) is 0 Å². The van der Waals surface area contributed by atoms with Crippen LogP contribution in [0.2, 0.25) is 0 Å². The molecule has 3 N–H and O–H groups in total. The van der Waals surface area contributed by atoms with Crippen molar-refractivity contribution in [2.24, 2.45) is 5.73 Å². The normalized spacial score (nSPS) is 11.0. The maximum absolute atomic E-state index is 5.57. The van der Waals surface area contributed by atoms with E-state index in [-0.39, 0.29) is 0 Å². The fourth-order valence-electron chi connectivity index (χ4n) is 1.78. The molecule has 2 rings (SSSR count). The Morgan fingerprint density at radius 1 is 1.06 bits per heavy atom. The summed E-state index contributed by atoms with van der Waals surface area (Å²) in [5, 5.41) is 0. The van der Waals surface area contributed by atoms with Gasteiger partial charge in [0.25, 0.3) is 0 Å². The second-order valence-electron chi connectivity index (χ2n) is 4.38. The fraction of sp³-hybridized carbons (Fsp3) is 0.286. The smallest absolute Gasteiger partial charge is 0.0456 e. The lowest BCUT2D eigenvalue weighted by Crippen LogP contribution is -1.95. The van der Waals surface area contributed by atoms with Crippen molar-refractivity contribution in [3.63, 3.8) is 0 Å². The van der Waals surface area contributed by atoms with Gasteiger partial charge in [-0.05, 0) is 29.2 Å². The number of hydrogen-bond donors (Lipinski definition) is 2. The summed E-state index contributed by atoms with van der Waals surface area (Å²) in [6.45, 7) is 4.97. The second kappa shape index (κ2) is 4.54. The first-order valence-corrected chi connectivity index (χ1v) is 5.69. The average molecular weight is 214 g/mol. The molecule has 0 amide bonds. The van der Waals surface area contributed by atoms with E-state index in [1.807, 2.05) is 6.07 Å². The van der Waals surface area contributed by atoms with Gasteiger partial charge >= 0.3 is 0 Å². The number of benzene rings is 1. The SMILES string of the molecule is CC(C)c1ccc(-c2ccc(CN)[nH]2)cc1. The number of H-pyrrole nitrogens is 1. The van der Waals surface area contributed by atoms with E-state index in [2.05, 4.69) is 49.2 Å². The summed E-state index contributed by atoms with van der Waals surface area (Å²) in [5.74, 6) is 0.581. The minimum absolute atomic E-state index is 0.560.